The van der Waals surface area contributed by atoms with Crippen molar-refractivity contribution in [2.24, 2.45) is 18.9 Å². The van der Waals surface area contributed by atoms with Gasteiger partial charge in [0, 0.05) is 46.6 Å². The van der Waals surface area contributed by atoms with Crippen LogP contribution in [0, 0.1) is 11.8 Å². The molecule has 3 aromatic heterocycles. The van der Waals surface area contributed by atoms with Crippen LogP contribution in [0.15, 0.2) is 24.7 Å². The number of aryl methyl sites for hydroxylation is 1. The van der Waals surface area contributed by atoms with Crippen LogP contribution in [-0.2, 0) is 18.5 Å². The molecule has 32 heavy (non-hydrogen) atoms. The number of ether oxygens (including phenoxy) is 2. The second-order valence-corrected chi connectivity index (χ2v) is 15.6. The highest BCUT2D eigenvalue weighted by molar-refractivity contribution is 6.76. The summed E-state index contributed by atoms with van der Waals surface area (Å²) in [5, 5.41) is 11.8. The first kappa shape index (κ1) is 22.7. The van der Waals surface area contributed by atoms with Crippen molar-refractivity contribution in [3.63, 3.8) is 0 Å². The van der Waals surface area contributed by atoms with E-state index in [4.69, 9.17) is 14.5 Å². The number of nitrogens with one attached hydrogen (secondary N) is 2. The summed E-state index contributed by atoms with van der Waals surface area (Å²) in [6.07, 6.45) is 5.63. The van der Waals surface area contributed by atoms with Crippen LogP contribution in [0.2, 0.25) is 25.7 Å². The lowest BCUT2D eigenvalue weighted by atomic mass is 9.99. The number of rotatable bonds is 10. The molecule has 4 heterocycles. The Morgan fingerprint density at radius 2 is 2.09 bits per heavy atom. The lowest BCUT2D eigenvalue weighted by Gasteiger charge is -2.16. The molecule has 1 aliphatic rings. The SMILES string of the molecule is C[C@H]1CNC[C@@H]1COc1nc(Nc2cnn(C)c2)nc2c1ccn2COCC[Si](C)(C)C. The molecule has 9 nitrogen and oxygen atoms in total. The molecule has 0 unspecified atom stereocenters. The number of hydrogen-bond acceptors (Lipinski definition) is 7. The molecule has 0 bridgehead atoms. The average molecular weight is 458 g/mol. The van der Waals surface area contributed by atoms with Gasteiger partial charge in [0.1, 0.15) is 6.73 Å². The van der Waals surface area contributed by atoms with Crippen molar-refractivity contribution in [1.29, 1.82) is 0 Å². The Hall–Kier alpha value is -2.43. The van der Waals surface area contributed by atoms with Crippen molar-refractivity contribution in [3.8, 4) is 5.88 Å². The number of aromatic nitrogens is 5. The van der Waals surface area contributed by atoms with Crippen molar-refractivity contribution in [3.05, 3.63) is 24.7 Å². The van der Waals surface area contributed by atoms with Crippen LogP contribution in [0.3, 0.4) is 0 Å². The quantitative estimate of drug-likeness (QED) is 0.356. The van der Waals surface area contributed by atoms with Gasteiger partial charge in [-0.05, 0) is 24.6 Å². The van der Waals surface area contributed by atoms with Crippen LogP contribution >= 0.6 is 0 Å². The molecule has 2 atom stereocenters. The van der Waals surface area contributed by atoms with E-state index < -0.39 is 8.07 Å². The Morgan fingerprint density at radius 1 is 1.25 bits per heavy atom. The van der Waals surface area contributed by atoms with Gasteiger partial charge in [-0.15, -0.1) is 0 Å². The molecule has 10 heteroatoms. The molecule has 4 rings (SSSR count). The first-order valence-electron chi connectivity index (χ1n) is 11.3. The normalized spacial score (nSPS) is 19.0. The summed E-state index contributed by atoms with van der Waals surface area (Å²) in [5.74, 6) is 2.15. The Balaban J connectivity index is 1.55. The summed E-state index contributed by atoms with van der Waals surface area (Å²) in [5.41, 5.74) is 1.63. The molecule has 0 radical (unpaired) electrons. The second kappa shape index (κ2) is 9.59. The molecule has 174 valence electrons. The molecule has 0 spiro atoms. The fourth-order valence-electron chi connectivity index (χ4n) is 3.74. The maximum Gasteiger partial charge on any atom is 0.232 e. The summed E-state index contributed by atoms with van der Waals surface area (Å²) in [7, 11) is 0.754. The minimum atomic E-state index is -1.12. The highest BCUT2D eigenvalue weighted by atomic mass is 28.3. The topological polar surface area (TPSA) is 91.0 Å². The van der Waals surface area contributed by atoms with Crippen molar-refractivity contribution < 1.29 is 9.47 Å². The molecule has 0 aromatic carbocycles. The van der Waals surface area contributed by atoms with Gasteiger partial charge in [-0.25, -0.2) is 0 Å². The molecule has 0 saturated carbocycles. The zero-order valence-electron chi connectivity index (χ0n) is 19.8. The number of anilines is 2. The zero-order valence-corrected chi connectivity index (χ0v) is 20.8. The number of nitrogens with zero attached hydrogens (tertiary/aromatic N) is 5. The van der Waals surface area contributed by atoms with Gasteiger partial charge >= 0.3 is 0 Å². The highest BCUT2D eigenvalue weighted by Gasteiger charge is 2.24. The van der Waals surface area contributed by atoms with E-state index in [1.807, 2.05) is 30.1 Å². The van der Waals surface area contributed by atoms with Gasteiger partial charge in [-0.2, -0.15) is 15.1 Å². The van der Waals surface area contributed by atoms with Crippen LogP contribution in [0.5, 0.6) is 5.88 Å². The maximum absolute atomic E-state index is 6.24. The minimum absolute atomic E-state index is 0.459. The van der Waals surface area contributed by atoms with E-state index in [0.29, 0.717) is 37.0 Å². The van der Waals surface area contributed by atoms with Gasteiger partial charge in [0.2, 0.25) is 11.8 Å². The van der Waals surface area contributed by atoms with Gasteiger partial charge in [0.25, 0.3) is 0 Å². The van der Waals surface area contributed by atoms with Crippen molar-refractivity contribution in [1.82, 2.24) is 29.6 Å². The highest BCUT2D eigenvalue weighted by Crippen LogP contribution is 2.28. The van der Waals surface area contributed by atoms with Crippen LogP contribution in [0.4, 0.5) is 11.6 Å². The number of hydrogen-bond donors (Lipinski definition) is 2. The fraction of sp³-hybridized carbons (Fsp3) is 0.591. The molecule has 0 amide bonds. The smallest absolute Gasteiger partial charge is 0.232 e. The molecule has 1 aliphatic heterocycles. The monoisotopic (exact) mass is 457 g/mol. The molecule has 0 aliphatic carbocycles. The van der Waals surface area contributed by atoms with E-state index in [9.17, 15) is 0 Å². The molecular formula is C22H35N7O2Si. The van der Waals surface area contributed by atoms with Crippen LogP contribution in [-0.4, -0.2) is 58.7 Å². The molecule has 3 aromatic rings. The Bertz CT molecular complexity index is 1040. The van der Waals surface area contributed by atoms with Gasteiger partial charge in [-0.3, -0.25) is 4.68 Å². The third kappa shape index (κ3) is 5.67. The van der Waals surface area contributed by atoms with Gasteiger partial charge in [0.05, 0.1) is 23.9 Å². The third-order valence-electron chi connectivity index (χ3n) is 5.88. The standard InChI is InChI=1S/C22H35N7O2Si/c1-16-10-23-11-17(16)14-31-21-19-6-7-29(15-30-8-9-32(3,4)5)20(19)26-22(27-21)25-18-12-24-28(2)13-18/h6-7,12-13,16-17,23H,8-11,14-15H2,1-5H3,(H,25,26,27)/t16-,17+/m0/s1. The van der Waals surface area contributed by atoms with E-state index in [1.54, 1.807) is 10.9 Å². The van der Waals surface area contributed by atoms with Crippen molar-refractivity contribution in [2.75, 3.05) is 31.6 Å². The largest absolute Gasteiger partial charge is 0.477 e. The third-order valence-corrected chi connectivity index (χ3v) is 7.59. The molecule has 1 saturated heterocycles. The zero-order chi connectivity index (χ0) is 22.7. The van der Waals surface area contributed by atoms with E-state index in [0.717, 1.165) is 42.5 Å². The summed E-state index contributed by atoms with van der Waals surface area (Å²) in [6.45, 7) is 13.2. The summed E-state index contributed by atoms with van der Waals surface area (Å²) < 4.78 is 16.0. The van der Waals surface area contributed by atoms with E-state index in [-0.39, 0.29) is 0 Å². The maximum atomic E-state index is 6.24. The molecule has 1 fully saturated rings. The van der Waals surface area contributed by atoms with Gasteiger partial charge < -0.3 is 24.7 Å². The van der Waals surface area contributed by atoms with Gasteiger partial charge in [0.15, 0.2) is 5.65 Å². The second-order valence-electron chi connectivity index (χ2n) is 9.96. The predicted octanol–water partition coefficient (Wildman–Crippen LogP) is 3.46. The van der Waals surface area contributed by atoms with Crippen LogP contribution < -0.4 is 15.4 Å². The van der Waals surface area contributed by atoms with Crippen molar-refractivity contribution in [2.45, 2.75) is 39.3 Å². The van der Waals surface area contributed by atoms with E-state index in [2.05, 4.69) is 47.3 Å². The fourth-order valence-corrected chi connectivity index (χ4v) is 4.49. The first-order valence-corrected chi connectivity index (χ1v) is 15.0. The predicted molar refractivity (Wildman–Crippen MR) is 129 cm³/mol. The molecular weight excluding hydrogens is 422 g/mol. The first-order chi connectivity index (χ1) is 15.3. The summed E-state index contributed by atoms with van der Waals surface area (Å²) in [4.78, 5) is 9.45. The van der Waals surface area contributed by atoms with E-state index >= 15 is 0 Å². The summed E-state index contributed by atoms with van der Waals surface area (Å²) >= 11 is 0. The Labute approximate surface area is 190 Å². The Morgan fingerprint density at radius 3 is 2.78 bits per heavy atom. The Kier molecular flexibility index (Phi) is 6.82. The van der Waals surface area contributed by atoms with Crippen LogP contribution in [0.25, 0.3) is 11.0 Å². The van der Waals surface area contributed by atoms with Crippen LogP contribution in [0.1, 0.15) is 6.92 Å². The lowest BCUT2D eigenvalue weighted by molar-refractivity contribution is 0.0899. The average Bonchev–Trinajstić information content (AvgIpc) is 3.43. The molecule has 2 N–H and O–H groups in total. The minimum Gasteiger partial charge on any atom is -0.477 e. The van der Waals surface area contributed by atoms with E-state index in [1.165, 1.54) is 0 Å². The number of fused-ring (bicyclic) bond motifs is 1. The van der Waals surface area contributed by atoms with Crippen molar-refractivity contribution >= 4 is 30.7 Å². The van der Waals surface area contributed by atoms with Gasteiger partial charge in [-0.1, -0.05) is 26.6 Å². The lowest BCUT2D eigenvalue weighted by Crippen LogP contribution is -2.22. The summed E-state index contributed by atoms with van der Waals surface area (Å²) in [6, 6.07) is 3.15.